The third kappa shape index (κ3) is 1.51. The number of aryl methyl sites for hydroxylation is 1. The summed E-state index contributed by atoms with van der Waals surface area (Å²) in [4.78, 5) is 10.9. The largest absolute Gasteiger partial charge is 0.378 e. The Labute approximate surface area is 91.1 Å². The first-order chi connectivity index (χ1) is 6.65. The Morgan fingerprint density at radius 1 is 1.50 bits per heavy atom. The highest BCUT2D eigenvalue weighted by Gasteiger charge is 2.33. The minimum Gasteiger partial charge on any atom is -0.378 e. The third-order valence-corrected chi connectivity index (χ3v) is 3.23. The summed E-state index contributed by atoms with van der Waals surface area (Å²) in [7, 11) is 0. The number of aldehydes is 1. The monoisotopic (exact) mass is 254 g/mol. The highest BCUT2D eigenvalue weighted by Crippen LogP contribution is 2.35. The molecule has 0 saturated carbocycles. The van der Waals surface area contributed by atoms with Gasteiger partial charge in [0.15, 0.2) is 6.29 Å². The van der Waals surface area contributed by atoms with Gasteiger partial charge in [0.25, 0.3) is 0 Å². The fraction of sp³-hybridized carbons (Fsp3) is 0.364. The van der Waals surface area contributed by atoms with Gasteiger partial charge in [-0.1, -0.05) is 22.0 Å². The maximum atomic E-state index is 10.9. The van der Waals surface area contributed by atoms with Crippen LogP contribution in [-0.4, -0.2) is 11.4 Å². The molecule has 74 valence electrons. The van der Waals surface area contributed by atoms with Crippen molar-refractivity contribution in [1.82, 2.24) is 0 Å². The first-order valence-electron chi connectivity index (χ1n) is 4.63. The standard InChI is InChI=1S/C11H11BrO2/c12-9-4-3-8-2-1-5-11(14,7-13)10(8)6-9/h3-4,6-7,14H,1-2,5H2. The molecule has 0 saturated heterocycles. The van der Waals surface area contributed by atoms with Gasteiger partial charge in [-0.3, -0.25) is 4.79 Å². The number of carbonyl (C=O) groups excluding carboxylic acids is 1. The molecule has 0 aliphatic heterocycles. The number of halogens is 1. The van der Waals surface area contributed by atoms with Crippen LogP contribution in [0.2, 0.25) is 0 Å². The van der Waals surface area contributed by atoms with E-state index in [2.05, 4.69) is 15.9 Å². The lowest BCUT2D eigenvalue weighted by Crippen LogP contribution is -2.32. The van der Waals surface area contributed by atoms with Crippen LogP contribution in [0, 0.1) is 0 Å². The quantitative estimate of drug-likeness (QED) is 0.781. The van der Waals surface area contributed by atoms with Crippen molar-refractivity contribution in [3.8, 4) is 0 Å². The minimum atomic E-state index is -1.27. The zero-order valence-corrected chi connectivity index (χ0v) is 9.25. The van der Waals surface area contributed by atoms with Crippen LogP contribution in [0.25, 0.3) is 0 Å². The lowest BCUT2D eigenvalue weighted by molar-refractivity contribution is -0.126. The van der Waals surface area contributed by atoms with Gasteiger partial charge in [0.1, 0.15) is 5.60 Å². The second-order valence-corrected chi connectivity index (χ2v) is 4.61. The highest BCUT2D eigenvalue weighted by molar-refractivity contribution is 9.10. The molecule has 2 nitrogen and oxygen atoms in total. The lowest BCUT2D eigenvalue weighted by atomic mass is 9.80. The Bertz CT molecular complexity index is 376. The summed E-state index contributed by atoms with van der Waals surface area (Å²) < 4.78 is 0.901. The van der Waals surface area contributed by atoms with E-state index in [0.717, 1.165) is 28.4 Å². The second-order valence-electron chi connectivity index (χ2n) is 3.70. The summed E-state index contributed by atoms with van der Waals surface area (Å²) in [6, 6.07) is 5.74. The zero-order valence-electron chi connectivity index (χ0n) is 7.66. The van der Waals surface area contributed by atoms with Gasteiger partial charge in [-0.2, -0.15) is 0 Å². The molecule has 2 rings (SSSR count). The van der Waals surface area contributed by atoms with E-state index >= 15 is 0 Å². The summed E-state index contributed by atoms with van der Waals surface area (Å²) >= 11 is 3.34. The molecule has 0 heterocycles. The fourth-order valence-electron chi connectivity index (χ4n) is 1.98. The number of hydrogen-bond donors (Lipinski definition) is 1. The average Bonchev–Trinajstić information content (AvgIpc) is 2.20. The molecule has 0 radical (unpaired) electrons. The molecule has 1 N–H and O–H groups in total. The molecule has 1 unspecified atom stereocenters. The fourth-order valence-corrected chi connectivity index (χ4v) is 2.34. The molecular weight excluding hydrogens is 244 g/mol. The molecular formula is C11H11BrO2. The number of rotatable bonds is 1. The van der Waals surface area contributed by atoms with Crippen molar-refractivity contribution in [2.24, 2.45) is 0 Å². The van der Waals surface area contributed by atoms with Gasteiger partial charge in [-0.15, -0.1) is 0 Å². The zero-order chi connectivity index (χ0) is 10.2. The van der Waals surface area contributed by atoms with Gasteiger partial charge in [-0.25, -0.2) is 0 Å². The number of hydrogen-bond acceptors (Lipinski definition) is 2. The van der Waals surface area contributed by atoms with Crippen LogP contribution < -0.4 is 0 Å². The number of benzene rings is 1. The van der Waals surface area contributed by atoms with Crippen molar-refractivity contribution in [2.75, 3.05) is 0 Å². The Hall–Kier alpha value is -0.670. The minimum absolute atomic E-state index is 0.528. The Balaban J connectivity index is 2.57. The average molecular weight is 255 g/mol. The first kappa shape index (κ1) is 9.87. The number of aliphatic hydroxyl groups is 1. The van der Waals surface area contributed by atoms with Crippen LogP contribution in [0.4, 0.5) is 0 Å². The van der Waals surface area contributed by atoms with E-state index in [1.165, 1.54) is 0 Å². The third-order valence-electron chi connectivity index (χ3n) is 2.74. The molecule has 3 heteroatoms. The van der Waals surface area contributed by atoms with E-state index in [1.807, 2.05) is 18.2 Å². The predicted octanol–water partition coefficient (Wildman–Crippen LogP) is 2.17. The SMILES string of the molecule is O=CC1(O)CCCc2ccc(Br)cc21. The van der Waals surface area contributed by atoms with Crippen molar-refractivity contribution in [3.05, 3.63) is 33.8 Å². The van der Waals surface area contributed by atoms with Crippen LogP contribution in [0.3, 0.4) is 0 Å². The molecule has 0 bridgehead atoms. The predicted molar refractivity (Wildman–Crippen MR) is 57.0 cm³/mol. The van der Waals surface area contributed by atoms with Crippen LogP contribution in [0.15, 0.2) is 22.7 Å². The maximum Gasteiger partial charge on any atom is 0.156 e. The summed E-state index contributed by atoms with van der Waals surface area (Å²) in [6.45, 7) is 0. The number of fused-ring (bicyclic) bond motifs is 1. The molecule has 0 amide bonds. The molecule has 1 aliphatic carbocycles. The first-order valence-corrected chi connectivity index (χ1v) is 5.43. The van der Waals surface area contributed by atoms with Gasteiger partial charge >= 0.3 is 0 Å². The van der Waals surface area contributed by atoms with E-state index in [1.54, 1.807) is 0 Å². The lowest BCUT2D eigenvalue weighted by Gasteiger charge is -2.29. The molecule has 1 atom stereocenters. The summed E-state index contributed by atoms with van der Waals surface area (Å²) in [6.07, 6.45) is 2.99. The Morgan fingerprint density at radius 2 is 2.29 bits per heavy atom. The van der Waals surface area contributed by atoms with Gasteiger partial charge in [0.05, 0.1) is 0 Å². The van der Waals surface area contributed by atoms with Crippen molar-refractivity contribution in [2.45, 2.75) is 24.9 Å². The Morgan fingerprint density at radius 3 is 3.00 bits per heavy atom. The highest BCUT2D eigenvalue weighted by atomic mass is 79.9. The van der Waals surface area contributed by atoms with Crippen LogP contribution in [0.5, 0.6) is 0 Å². The van der Waals surface area contributed by atoms with Gasteiger partial charge in [0, 0.05) is 4.47 Å². The maximum absolute atomic E-state index is 10.9. The summed E-state index contributed by atoms with van der Waals surface area (Å²) in [5, 5.41) is 10.1. The van der Waals surface area contributed by atoms with Crippen LogP contribution in [0.1, 0.15) is 24.0 Å². The van der Waals surface area contributed by atoms with Gasteiger partial charge < -0.3 is 5.11 Å². The smallest absolute Gasteiger partial charge is 0.156 e. The molecule has 1 aliphatic rings. The van der Waals surface area contributed by atoms with E-state index in [4.69, 9.17) is 0 Å². The van der Waals surface area contributed by atoms with Crippen LogP contribution >= 0.6 is 15.9 Å². The van der Waals surface area contributed by atoms with E-state index < -0.39 is 5.60 Å². The van der Waals surface area contributed by atoms with Crippen molar-refractivity contribution >= 4 is 22.2 Å². The molecule has 1 aromatic rings. The second kappa shape index (κ2) is 3.48. The topological polar surface area (TPSA) is 37.3 Å². The van der Waals surface area contributed by atoms with E-state index in [9.17, 15) is 9.90 Å². The molecule has 1 aromatic carbocycles. The Kier molecular flexibility index (Phi) is 2.45. The van der Waals surface area contributed by atoms with E-state index in [0.29, 0.717) is 12.7 Å². The van der Waals surface area contributed by atoms with Gasteiger partial charge in [0.2, 0.25) is 0 Å². The molecule has 0 aromatic heterocycles. The summed E-state index contributed by atoms with van der Waals surface area (Å²) in [5.74, 6) is 0. The molecule has 0 spiro atoms. The van der Waals surface area contributed by atoms with Crippen molar-refractivity contribution < 1.29 is 9.90 Å². The molecule has 14 heavy (non-hydrogen) atoms. The molecule has 0 fully saturated rings. The normalized spacial score (nSPS) is 25.6. The van der Waals surface area contributed by atoms with Crippen molar-refractivity contribution in [1.29, 1.82) is 0 Å². The van der Waals surface area contributed by atoms with Gasteiger partial charge in [-0.05, 0) is 42.5 Å². The van der Waals surface area contributed by atoms with E-state index in [-0.39, 0.29) is 0 Å². The summed E-state index contributed by atoms with van der Waals surface area (Å²) in [5.41, 5.74) is 0.569. The number of carbonyl (C=O) groups is 1. The van der Waals surface area contributed by atoms with Crippen LogP contribution in [-0.2, 0) is 16.8 Å². The van der Waals surface area contributed by atoms with Crippen molar-refractivity contribution in [3.63, 3.8) is 0 Å².